The Balaban J connectivity index is 0.00000312. The Hall–Kier alpha value is -1.96. The van der Waals surface area contributed by atoms with Crippen molar-refractivity contribution in [3.63, 3.8) is 0 Å². The first-order chi connectivity index (χ1) is 11.5. The predicted octanol–water partition coefficient (Wildman–Crippen LogP) is 2.09. The predicted molar refractivity (Wildman–Crippen MR) is 100.0 cm³/mol. The highest BCUT2D eigenvalue weighted by Gasteiger charge is 2.21. The van der Waals surface area contributed by atoms with E-state index in [1.165, 1.54) is 18.4 Å². The summed E-state index contributed by atoms with van der Waals surface area (Å²) >= 11 is 1.34. The van der Waals surface area contributed by atoms with Gasteiger partial charge >= 0.3 is 5.97 Å². The summed E-state index contributed by atoms with van der Waals surface area (Å²) in [6.45, 7) is 2.49. The lowest BCUT2D eigenvalue weighted by atomic mass is 9.98. The van der Waals surface area contributed by atoms with Crippen molar-refractivity contribution in [2.75, 3.05) is 13.7 Å². The van der Waals surface area contributed by atoms with Gasteiger partial charge in [0.25, 0.3) is 5.91 Å². The van der Waals surface area contributed by atoms with E-state index in [4.69, 9.17) is 10.5 Å². The highest BCUT2D eigenvalue weighted by Crippen LogP contribution is 2.13. The van der Waals surface area contributed by atoms with Crippen LogP contribution < -0.4 is 11.1 Å². The van der Waals surface area contributed by atoms with Crippen molar-refractivity contribution in [1.82, 2.24) is 10.3 Å². The van der Waals surface area contributed by atoms with E-state index >= 15 is 0 Å². The van der Waals surface area contributed by atoms with Crippen molar-refractivity contribution < 1.29 is 14.3 Å². The molecule has 6 nitrogen and oxygen atoms in total. The molecule has 0 aliphatic carbocycles. The van der Waals surface area contributed by atoms with Gasteiger partial charge in [-0.05, 0) is 18.9 Å². The molecule has 1 atom stereocenters. The third-order valence-electron chi connectivity index (χ3n) is 3.57. The molecule has 0 saturated heterocycles. The van der Waals surface area contributed by atoms with E-state index in [0.717, 1.165) is 11.1 Å². The van der Waals surface area contributed by atoms with E-state index in [-0.39, 0.29) is 30.8 Å². The molecule has 2 rings (SSSR count). The molecule has 136 valence electrons. The maximum Gasteiger partial charge on any atom is 0.310 e. The molecule has 0 radical (unpaired) electrons. The molecule has 25 heavy (non-hydrogen) atoms. The number of hydrogen-bond donors (Lipinski definition) is 2. The first kappa shape index (κ1) is 21.1. The highest BCUT2D eigenvalue weighted by molar-refractivity contribution is 7.09. The zero-order chi connectivity index (χ0) is 17.5. The summed E-state index contributed by atoms with van der Waals surface area (Å²) in [6.07, 6.45) is 0.500. The first-order valence-electron chi connectivity index (χ1n) is 7.59. The van der Waals surface area contributed by atoms with Gasteiger partial charge in [0, 0.05) is 18.5 Å². The Morgan fingerprint density at radius 3 is 2.76 bits per heavy atom. The minimum atomic E-state index is -0.451. The molecule has 1 unspecified atom stereocenters. The van der Waals surface area contributed by atoms with Crippen molar-refractivity contribution in [1.29, 1.82) is 0 Å². The van der Waals surface area contributed by atoms with Gasteiger partial charge in [-0.3, -0.25) is 9.59 Å². The largest absolute Gasteiger partial charge is 0.469 e. The molecule has 1 aromatic heterocycles. The van der Waals surface area contributed by atoms with Crippen LogP contribution in [-0.4, -0.2) is 30.5 Å². The molecule has 0 saturated carbocycles. The van der Waals surface area contributed by atoms with Crippen molar-refractivity contribution in [3.05, 3.63) is 51.5 Å². The fourth-order valence-corrected chi connectivity index (χ4v) is 3.00. The van der Waals surface area contributed by atoms with Gasteiger partial charge in [-0.15, -0.1) is 23.7 Å². The molecule has 1 amide bonds. The second kappa shape index (κ2) is 10.1. The van der Waals surface area contributed by atoms with Gasteiger partial charge in [0.1, 0.15) is 10.7 Å². The Morgan fingerprint density at radius 1 is 1.40 bits per heavy atom. The van der Waals surface area contributed by atoms with Gasteiger partial charge in [0.2, 0.25) is 0 Å². The van der Waals surface area contributed by atoms with Crippen LogP contribution in [0, 0.1) is 12.8 Å². The standard InChI is InChI=1S/C17H21N3O3S.ClH/c1-11-4-3-5-12(6-11)7-13(17(22)23-2)9-19-16(21)14-10-24-15(8-18)20-14;/h3-6,10,13H,7-9,18H2,1-2H3,(H,19,21);1H. The van der Waals surface area contributed by atoms with Crippen LogP contribution in [0.5, 0.6) is 0 Å². The van der Waals surface area contributed by atoms with Gasteiger partial charge in [0.15, 0.2) is 0 Å². The summed E-state index contributed by atoms with van der Waals surface area (Å²) in [5.41, 5.74) is 7.96. The van der Waals surface area contributed by atoms with E-state index in [0.29, 0.717) is 23.7 Å². The first-order valence-corrected chi connectivity index (χ1v) is 8.47. The minimum absolute atomic E-state index is 0. The van der Waals surface area contributed by atoms with E-state index in [2.05, 4.69) is 10.3 Å². The normalized spacial score (nSPS) is 11.3. The van der Waals surface area contributed by atoms with Crippen molar-refractivity contribution in [3.8, 4) is 0 Å². The van der Waals surface area contributed by atoms with Crippen LogP contribution in [0.2, 0.25) is 0 Å². The van der Waals surface area contributed by atoms with Crippen LogP contribution >= 0.6 is 23.7 Å². The number of rotatable bonds is 7. The maximum atomic E-state index is 12.1. The van der Waals surface area contributed by atoms with Crippen LogP contribution in [0.4, 0.5) is 0 Å². The van der Waals surface area contributed by atoms with Crippen LogP contribution in [-0.2, 0) is 22.5 Å². The summed E-state index contributed by atoms with van der Waals surface area (Å²) in [5, 5.41) is 5.11. The minimum Gasteiger partial charge on any atom is -0.469 e. The molecule has 0 aliphatic heterocycles. The second-order valence-corrected chi connectivity index (χ2v) is 6.40. The van der Waals surface area contributed by atoms with Gasteiger partial charge in [-0.25, -0.2) is 4.98 Å². The number of aromatic nitrogens is 1. The molecule has 3 N–H and O–H groups in total. The number of halogens is 1. The third-order valence-corrected chi connectivity index (χ3v) is 4.44. The Labute approximate surface area is 157 Å². The highest BCUT2D eigenvalue weighted by atomic mass is 35.5. The number of nitrogens with zero attached hydrogens (tertiary/aromatic N) is 1. The average Bonchev–Trinajstić information content (AvgIpc) is 3.07. The van der Waals surface area contributed by atoms with E-state index < -0.39 is 5.92 Å². The van der Waals surface area contributed by atoms with Crippen LogP contribution in [0.1, 0.15) is 26.6 Å². The summed E-state index contributed by atoms with van der Waals surface area (Å²) < 4.78 is 4.85. The maximum absolute atomic E-state index is 12.1. The summed E-state index contributed by atoms with van der Waals surface area (Å²) in [5.74, 6) is -1.12. The molecule has 0 aliphatic rings. The Kier molecular flexibility index (Phi) is 8.54. The van der Waals surface area contributed by atoms with Crippen molar-refractivity contribution in [2.24, 2.45) is 11.7 Å². The lowest BCUT2D eigenvalue weighted by Gasteiger charge is -2.15. The summed E-state index contributed by atoms with van der Waals surface area (Å²) in [6, 6.07) is 7.92. The summed E-state index contributed by atoms with van der Waals surface area (Å²) in [7, 11) is 1.35. The van der Waals surface area contributed by atoms with E-state index in [1.54, 1.807) is 5.38 Å². The number of methoxy groups -OCH3 is 1. The third kappa shape index (κ3) is 6.12. The zero-order valence-corrected chi connectivity index (χ0v) is 15.8. The molecule has 1 aromatic carbocycles. The molecule has 0 fully saturated rings. The second-order valence-electron chi connectivity index (χ2n) is 5.45. The van der Waals surface area contributed by atoms with Crippen LogP contribution in [0.3, 0.4) is 0 Å². The fraction of sp³-hybridized carbons (Fsp3) is 0.353. The topological polar surface area (TPSA) is 94.3 Å². The number of hydrogen-bond acceptors (Lipinski definition) is 6. The summed E-state index contributed by atoms with van der Waals surface area (Å²) in [4.78, 5) is 28.3. The monoisotopic (exact) mass is 383 g/mol. The zero-order valence-electron chi connectivity index (χ0n) is 14.2. The number of nitrogens with one attached hydrogen (secondary N) is 1. The number of aryl methyl sites for hydroxylation is 1. The molecular formula is C17H22ClN3O3S. The number of amides is 1. The quantitative estimate of drug-likeness (QED) is 0.714. The number of carbonyl (C=O) groups is 2. The van der Waals surface area contributed by atoms with Gasteiger partial charge in [-0.1, -0.05) is 29.8 Å². The van der Waals surface area contributed by atoms with E-state index in [9.17, 15) is 9.59 Å². The molecule has 8 heteroatoms. The molecule has 2 aromatic rings. The smallest absolute Gasteiger partial charge is 0.310 e. The number of thiazole rings is 1. The number of benzene rings is 1. The molecule has 0 bridgehead atoms. The van der Waals surface area contributed by atoms with Gasteiger partial charge < -0.3 is 15.8 Å². The Morgan fingerprint density at radius 2 is 2.16 bits per heavy atom. The molecular weight excluding hydrogens is 362 g/mol. The molecule has 1 heterocycles. The SMILES string of the molecule is COC(=O)C(CNC(=O)c1csc(CN)n1)Cc1cccc(C)c1.Cl. The van der Waals surface area contributed by atoms with Crippen LogP contribution in [0.25, 0.3) is 0 Å². The van der Waals surface area contributed by atoms with Gasteiger partial charge in [-0.2, -0.15) is 0 Å². The number of carbonyl (C=O) groups excluding carboxylic acids is 2. The van der Waals surface area contributed by atoms with Crippen molar-refractivity contribution in [2.45, 2.75) is 19.9 Å². The fourth-order valence-electron chi connectivity index (χ4n) is 2.34. The lowest BCUT2D eigenvalue weighted by molar-refractivity contribution is -0.145. The average molecular weight is 384 g/mol. The van der Waals surface area contributed by atoms with Crippen molar-refractivity contribution >= 4 is 35.6 Å². The lowest BCUT2D eigenvalue weighted by Crippen LogP contribution is -2.35. The van der Waals surface area contributed by atoms with Gasteiger partial charge in [0.05, 0.1) is 13.0 Å². The number of nitrogens with two attached hydrogens (primary N) is 1. The van der Waals surface area contributed by atoms with Crippen LogP contribution in [0.15, 0.2) is 29.6 Å². The van der Waals surface area contributed by atoms with E-state index in [1.807, 2.05) is 31.2 Å². The molecule has 0 spiro atoms. The number of esters is 1. The number of ether oxygens (including phenoxy) is 1. The Bertz CT molecular complexity index is 721.